The summed E-state index contributed by atoms with van der Waals surface area (Å²) in [4.78, 5) is 1.79. The van der Waals surface area contributed by atoms with E-state index in [0.717, 1.165) is 11.8 Å². The Balaban J connectivity index is 3.13. The first-order valence-corrected chi connectivity index (χ1v) is 4.30. The minimum absolute atomic E-state index is 0.534. The number of rotatable bonds is 2. The molecular weight excluding hydrogens is 190 g/mol. The molecule has 0 radical (unpaired) electrons. The highest BCUT2D eigenvalue weighted by molar-refractivity contribution is 6.73. The molecule has 5 heteroatoms. The van der Waals surface area contributed by atoms with Crippen LogP contribution in [0.15, 0.2) is 18.2 Å². The predicted molar refractivity (Wildman–Crippen MR) is 54.2 cm³/mol. The molecule has 1 aromatic rings. The lowest BCUT2D eigenvalue weighted by Gasteiger charge is -2.20. The zero-order valence-electron chi connectivity index (χ0n) is 8.39. The number of aryl methyl sites for hydroxylation is 1. The van der Waals surface area contributed by atoms with Crippen molar-refractivity contribution in [2.45, 2.75) is 6.92 Å². The fourth-order valence-corrected chi connectivity index (χ4v) is 1.38. The maximum atomic E-state index is 12.3. The van der Waals surface area contributed by atoms with Gasteiger partial charge in [-0.15, -0.1) is 5.46 Å². The number of hydrogen-bond donors (Lipinski definition) is 0. The molecule has 1 rings (SSSR count). The van der Waals surface area contributed by atoms with Crippen molar-refractivity contribution in [1.29, 1.82) is 0 Å². The number of nitrogens with zero attached hydrogens (tertiary/aromatic N) is 1. The molecule has 78 valence electrons. The Morgan fingerprint density at radius 3 is 2.07 bits per heavy atom. The van der Waals surface area contributed by atoms with Crippen LogP contribution in [-0.2, 0) is 0 Å². The van der Waals surface area contributed by atoms with E-state index in [2.05, 4.69) is 0 Å². The molecule has 0 aliphatic carbocycles. The smallest absolute Gasteiger partial charge is 0.445 e. The van der Waals surface area contributed by atoms with E-state index in [1.54, 1.807) is 25.9 Å². The number of anilines is 1. The third-order valence-corrected chi connectivity index (χ3v) is 2.08. The van der Waals surface area contributed by atoms with Crippen molar-refractivity contribution in [2.24, 2.45) is 0 Å². The van der Waals surface area contributed by atoms with Crippen molar-refractivity contribution < 1.29 is 12.9 Å². The molecule has 0 aromatic heterocycles. The van der Waals surface area contributed by atoms with Gasteiger partial charge in [-0.3, -0.25) is 0 Å². The van der Waals surface area contributed by atoms with Crippen LogP contribution in [0.5, 0.6) is 0 Å². The normalized spacial score (nSPS) is 11.6. The lowest BCUT2D eigenvalue weighted by Crippen LogP contribution is -2.34. The Hall–Kier alpha value is -1.13. The second kappa shape index (κ2) is 3.56. The Morgan fingerprint density at radius 1 is 1.14 bits per heavy atom. The summed E-state index contributed by atoms with van der Waals surface area (Å²) in [5.41, 5.74) is 0.925. The summed E-state index contributed by atoms with van der Waals surface area (Å²) >= 11 is 0. The van der Waals surface area contributed by atoms with E-state index < -0.39 is 12.4 Å². The van der Waals surface area contributed by atoms with Crippen molar-refractivity contribution in [2.75, 3.05) is 19.0 Å². The second-order valence-electron chi connectivity index (χ2n) is 3.52. The highest BCUT2D eigenvalue weighted by Crippen LogP contribution is 2.18. The van der Waals surface area contributed by atoms with Crippen LogP contribution in [0.4, 0.5) is 18.6 Å². The molecule has 0 bridgehead atoms. The zero-order chi connectivity index (χ0) is 10.9. The van der Waals surface area contributed by atoms with Gasteiger partial charge >= 0.3 is 6.98 Å². The van der Waals surface area contributed by atoms with Crippen molar-refractivity contribution in [3.63, 3.8) is 0 Å². The third kappa shape index (κ3) is 2.22. The monoisotopic (exact) mass is 202 g/mol. The van der Waals surface area contributed by atoms with Gasteiger partial charge in [-0.25, -0.2) is 0 Å². The van der Waals surface area contributed by atoms with Crippen molar-refractivity contribution in [3.05, 3.63) is 23.8 Å². The van der Waals surface area contributed by atoms with Crippen LogP contribution < -0.4 is 10.4 Å². The molecule has 0 aliphatic heterocycles. The molecule has 0 saturated carbocycles. The van der Waals surface area contributed by atoms with Crippen LogP contribution >= 0.6 is 0 Å². The first kappa shape index (κ1) is 11.0. The van der Waals surface area contributed by atoms with Crippen LogP contribution in [0.1, 0.15) is 5.56 Å². The van der Waals surface area contributed by atoms with E-state index >= 15 is 0 Å². The average Bonchev–Trinajstić information content (AvgIpc) is 2.01. The van der Waals surface area contributed by atoms with Gasteiger partial charge in [0.25, 0.3) is 0 Å². The summed E-state index contributed by atoms with van der Waals surface area (Å²) in [6, 6.07) is 3.82. The lowest BCUT2D eigenvalue weighted by molar-refractivity contribution is 0.501. The van der Waals surface area contributed by atoms with Crippen LogP contribution in [0.25, 0.3) is 0 Å². The number of benzene rings is 1. The molecule has 0 unspecified atom stereocenters. The average molecular weight is 202 g/mol. The topological polar surface area (TPSA) is 3.24 Å². The Labute approximate surface area is 81.6 Å². The molecule has 1 nitrogen and oxygen atoms in total. The molecule has 0 fully saturated rings. The van der Waals surface area contributed by atoms with E-state index in [0.29, 0.717) is 5.56 Å². The van der Waals surface area contributed by atoms with Crippen LogP contribution in [0.2, 0.25) is 0 Å². The van der Waals surface area contributed by atoms with Crippen molar-refractivity contribution in [1.82, 2.24) is 0 Å². The van der Waals surface area contributed by atoms with Crippen LogP contribution in [-0.4, -0.2) is 21.1 Å². The van der Waals surface area contributed by atoms with E-state index in [9.17, 15) is 12.9 Å². The maximum Gasteiger partial charge on any atom is 0.509 e. The molecule has 1 aromatic carbocycles. The third-order valence-electron chi connectivity index (χ3n) is 2.08. The van der Waals surface area contributed by atoms with Gasteiger partial charge in [0.2, 0.25) is 0 Å². The summed E-state index contributed by atoms with van der Waals surface area (Å²) in [6.07, 6.45) is 0. The Kier molecular flexibility index (Phi) is 2.78. The summed E-state index contributed by atoms with van der Waals surface area (Å²) in [6.45, 7) is -3.20. The summed E-state index contributed by atoms with van der Waals surface area (Å²) in [5, 5.41) is 0. The minimum atomic E-state index is -4.88. The highest BCUT2D eigenvalue weighted by atomic mass is 19.4. The first-order valence-electron chi connectivity index (χ1n) is 4.30. The Morgan fingerprint density at radius 2 is 1.71 bits per heavy atom. The summed E-state index contributed by atoms with van der Waals surface area (Å²) in [5.74, 6) is 0. The number of halogens is 3. The van der Waals surface area contributed by atoms with Gasteiger partial charge < -0.3 is 17.8 Å². The van der Waals surface area contributed by atoms with E-state index in [4.69, 9.17) is 0 Å². The highest BCUT2D eigenvalue weighted by Gasteiger charge is 2.25. The first-order chi connectivity index (χ1) is 6.32. The molecule has 0 atom stereocenters. The SMILES string of the molecule is Cc1cc([B-](F)(F)F)ccc1N(C)C. The summed E-state index contributed by atoms with van der Waals surface area (Å²) in [7, 11) is 3.61. The van der Waals surface area contributed by atoms with Crippen LogP contribution in [0, 0.1) is 6.92 Å². The molecular formula is C9H12BF3N-. The van der Waals surface area contributed by atoms with Gasteiger partial charge in [0, 0.05) is 19.8 Å². The van der Waals surface area contributed by atoms with Crippen molar-refractivity contribution in [3.8, 4) is 0 Å². The lowest BCUT2D eigenvalue weighted by atomic mass is 9.79. The molecule has 14 heavy (non-hydrogen) atoms. The number of hydrogen-bond acceptors (Lipinski definition) is 1. The fourth-order valence-electron chi connectivity index (χ4n) is 1.38. The van der Waals surface area contributed by atoms with Gasteiger partial charge in [0.15, 0.2) is 0 Å². The molecule has 0 saturated heterocycles. The Bertz CT molecular complexity index is 333. The predicted octanol–water partition coefficient (Wildman–Crippen LogP) is 2.12. The largest absolute Gasteiger partial charge is 0.509 e. The minimum Gasteiger partial charge on any atom is -0.445 e. The standard InChI is InChI=1S/C9H12BF3N/c1-7-6-8(10(11,12)13)4-5-9(7)14(2)3/h4-6H,1-3H3/q-1. The molecule has 0 heterocycles. The second-order valence-corrected chi connectivity index (χ2v) is 3.52. The van der Waals surface area contributed by atoms with Gasteiger partial charge in [0.1, 0.15) is 0 Å². The molecule has 0 N–H and O–H groups in total. The molecule has 0 aliphatic rings. The zero-order valence-corrected chi connectivity index (χ0v) is 8.39. The quantitative estimate of drug-likeness (QED) is 0.664. The van der Waals surface area contributed by atoms with E-state index in [1.165, 1.54) is 12.1 Å². The van der Waals surface area contributed by atoms with E-state index in [1.807, 2.05) is 0 Å². The van der Waals surface area contributed by atoms with Gasteiger partial charge in [-0.05, 0) is 18.6 Å². The fraction of sp³-hybridized carbons (Fsp3) is 0.333. The van der Waals surface area contributed by atoms with Crippen molar-refractivity contribution >= 4 is 18.1 Å². The van der Waals surface area contributed by atoms with Gasteiger partial charge in [-0.2, -0.15) is 0 Å². The van der Waals surface area contributed by atoms with Gasteiger partial charge in [-0.1, -0.05) is 12.1 Å². The van der Waals surface area contributed by atoms with Gasteiger partial charge in [0.05, 0.1) is 0 Å². The van der Waals surface area contributed by atoms with E-state index in [-0.39, 0.29) is 0 Å². The van der Waals surface area contributed by atoms with Crippen LogP contribution in [0.3, 0.4) is 0 Å². The summed E-state index contributed by atoms with van der Waals surface area (Å²) < 4.78 is 37.0. The maximum absolute atomic E-state index is 12.3. The molecule has 0 amide bonds. The molecule has 0 spiro atoms.